The summed E-state index contributed by atoms with van der Waals surface area (Å²) in [4.78, 5) is 12.1. The van der Waals surface area contributed by atoms with Gasteiger partial charge >= 0.3 is 0 Å². The second-order valence-electron chi connectivity index (χ2n) is 4.17. The van der Waals surface area contributed by atoms with Gasteiger partial charge in [-0.25, -0.2) is 16.8 Å². The number of nitrogens with one attached hydrogen (secondary N) is 1. The summed E-state index contributed by atoms with van der Waals surface area (Å²) in [6.45, 7) is 0.262. The SMILES string of the molecule is CS(=O)(=O)CCCNC(=O)Cc1ccc(S(=O)(=O)Cl)s1. The Morgan fingerprint density at radius 3 is 2.45 bits per heavy atom. The largest absolute Gasteiger partial charge is 0.356 e. The van der Waals surface area contributed by atoms with Gasteiger partial charge in [0.2, 0.25) is 5.91 Å². The highest BCUT2D eigenvalue weighted by atomic mass is 35.7. The number of rotatable bonds is 7. The zero-order valence-corrected chi connectivity index (χ0v) is 13.8. The van der Waals surface area contributed by atoms with Crippen LogP contribution >= 0.6 is 22.0 Å². The lowest BCUT2D eigenvalue weighted by molar-refractivity contribution is -0.120. The van der Waals surface area contributed by atoms with Crippen LogP contribution in [0, 0.1) is 0 Å². The molecule has 20 heavy (non-hydrogen) atoms. The monoisotopic (exact) mass is 359 g/mol. The molecule has 0 aliphatic heterocycles. The van der Waals surface area contributed by atoms with Gasteiger partial charge in [0, 0.05) is 28.4 Å². The molecule has 0 unspecified atom stereocenters. The molecule has 0 aromatic carbocycles. The molecule has 1 heterocycles. The van der Waals surface area contributed by atoms with Crippen molar-refractivity contribution in [2.45, 2.75) is 17.1 Å². The molecule has 10 heteroatoms. The van der Waals surface area contributed by atoms with Crippen LogP contribution < -0.4 is 5.32 Å². The first-order valence-corrected chi connectivity index (χ1v) is 10.7. The molecule has 6 nitrogen and oxygen atoms in total. The molecular formula is C10H14ClNO5S3. The van der Waals surface area contributed by atoms with Crippen molar-refractivity contribution < 1.29 is 21.6 Å². The van der Waals surface area contributed by atoms with Crippen LogP contribution in [-0.2, 0) is 30.1 Å². The smallest absolute Gasteiger partial charge is 0.270 e. The molecule has 114 valence electrons. The summed E-state index contributed by atoms with van der Waals surface area (Å²) in [5, 5.41) is 2.57. The van der Waals surface area contributed by atoms with Gasteiger partial charge in [-0.2, -0.15) is 0 Å². The summed E-state index contributed by atoms with van der Waals surface area (Å²) in [5.41, 5.74) is 0. The molecule has 1 amide bonds. The van der Waals surface area contributed by atoms with Crippen LogP contribution in [0.1, 0.15) is 11.3 Å². The maximum atomic E-state index is 11.6. The van der Waals surface area contributed by atoms with Gasteiger partial charge in [-0.1, -0.05) is 0 Å². The standard InChI is InChI=1S/C10H14ClNO5S3/c1-19(14,15)6-2-5-12-9(13)7-8-3-4-10(18-8)20(11,16)17/h3-4H,2,5-7H2,1H3,(H,12,13). The van der Waals surface area contributed by atoms with E-state index in [0.717, 1.165) is 17.6 Å². The van der Waals surface area contributed by atoms with E-state index >= 15 is 0 Å². The molecule has 0 saturated carbocycles. The van der Waals surface area contributed by atoms with E-state index in [9.17, 15) is 21.6 Å². The van der Waals surface area contributed by atoms with Crippen LogP contribution in [-0.4, -0.2) is 41.3 Å². The fourth-order valence-corrected chi connectivity index (χ4v) is 4.16. The van der Waals surface area contributed by atoms with E-state index in [1.165, 1.54) is 12.1 Å². The Morgan fingerprint density at radius 1 is 1.30 bits per heavy atom. The molecule has 0 radical (unpaired) electrons. The molecule has 0 aliphatic carbocycles. The van der Waals surface area contributed by atoms with E-state index in [1.807, 2.05) is 0 Å². The lowest BCUT2D eigenvalue weighted by atomic mass is 10.3. The summed E-state index contributed by atoms with van der Waals surface area (Å²) >= 11 is 0.935. The van der Waals surface area contributed by atoms with Gasteiger partial charge in [-0.3, -0.25) is 4.79 Å². The molecule has 1 N–H and O–H groups in total. The first-order chi connectivity index (χ1) is 9.08. The Labute approximate surface area is 126 Å². The number of hydrogen-bond acceptors (Lipinski definition) is 6. The molecular weight excluding hydrogens is 346 g/mol. The van der Waals surface area contributed by atoms with Gasteiger partial charge in [0.25, 0.3) is 9.05 Å². The zero-order chi connectivity index (χ0) is 15.4. The Bertz CT molecular complexity index is 678. The molecule has 0 fully saturated rings. The lowest BCUT2D eigenvalue weighted by Gasteiger charge is -2.03. The number of hydrogen-bond donors (Lipinski definition) is 1. The van der Waals surface area contributed by atoms with Crippen LogP contribution in [0.4, 0.5) is 0 Å². The van der Waals surface area contributed by atoms with Gasteiger partial charge in [0.05, 0.1) is 12.2 Å². The number of amides is 1. The van der Waals surface area contributed by atoms with Crippen LogP contribution in [0.15, 0.2) is 16.3 Å². The van der Waals surface area contributed by atoms with E-state index in [2.05, 4.69) is 5.32 Å². The number of sulfone groups is 1. The summed E-state index contributed by atoms with van der Waals surface area (Å²) < 4.78 is 43.9. The average molecular weight is 360 g/mol. The minimum absolute atomic E-state index is 0.000886. The minimum atomic E-state index is -3.76. The van der Waals surface area contributed by atoms with Gasteiger partial charge in [0.1, 0.15) is 14.0 Å². The third-order valence-corrected chi connectivity index (χ3v) is 6.43. The summed E-state index contributed by atoms with van der Waals surface area (Å²) in [6.07, 6.45) is 1.51. The maximum Gasteiger partial charge on any atom is 0.270 e. The fourth-order valence-electron chi connectivity index (χ4n) is 1.37. The number of thiophene rings is 1. The molecule has 1 rings (SSSR count). The Hall–Kier alpha value is -0.640. The summed E-state index contributed by atoms with van der Waals surface area (Å²) in [7, 11) is -1.61. The minimum Gasteiger partial charge on any atom is -0.356 e. The van der Waals surface area contributed by atoms with Crippen molar-refractivity contribution in [3.05, 3.63) is 17.0 Å². The van der Waals surface area contributed by atoms with Crippen molar-refractivity contribution in [3.63, 3.8) is 0 Å². The van der Waals surface area contributed by atoms with Crippen molar-refractivity contribution in [1.29, 1.82) is 0 Å². The third-order valence-electron chi connectivity index (χ3n) is 2.23. The molecule has 1 aromatic rings. The van der Waals surface area contributed by atoms with Gasteiger partial charge in [-0.05, 0) is 18.6 Å². The fraction of sp³-hybridized carbons (Fsp3) is 0.500. The maximum absolute atomic E-state index is 11.6. The third kappa shape index (κ3) is 6.69. The molecule has 0 atom stereocenters. The highest BCUT2D eigenvalue weighted by Gasteiger charge is 2.14. The van der Waals surface area contributed by atoms with E-state index in [-0.39, 0.29) is 28.8 Å². The van der Waals surface area contributed by atoms with Crippen LogP contribution in [0.5, 0.6) is 0 Å². The van der Waals surface area contributed by atoms with Crippen molar-refractivity contribution in [1.82, 2.24) is 5.32 Å². The Kier molecular flexibility index (Phi) is 5.99. The van der Waals surface area contributed by atoms with Crippen molar-refractivity contribution >= 4 is 46.8 Å². The Balaban J connectivity index is 2.42. The van der Waals surface area contributed by atoms with E-state index in [4.69, 9.17) is 10.7 Å². The molecule has 0 aliphatic rings. The molecule has 0 saturated heterocycles. The average Bonchev–Trinajstić information content (AvgIpc) is 2.71. The van der Waals surface area contributed by atoms with Crippen LogP contribution in [0.2, 0.25) is 0 Å². The quantitative estimate of drug-likeness (QED) is 0.572. The predicted molar refractivity (Wildman–Crippen MR) is 78.4 cm³/mol. The second kappa shape index (κ2) is 6.88. The highest BCUT2D eigenvalue weighted by Crippen LogP contribution is 2.24. The van der Waals surface area contributed by atoms with E-state index in [0.29, 0.717) is 11.3 Å². The first-order valence-electron chi connectivity index (χ1n) is 5.56. The second-order valence-corrected chi connectivity index (χ2v) is 10.4. The van der Waals surface area contributed by atoms with Crippen molar-refractivity contribution in [2.24, 2.45) is 0 Å². The van der Waals surface area contributed by atoms with Crippen molar-refractivity contribution in [2.75, 3.05) is 18.6 Å². The zero-order valence-electron chi connectivity index (χ0n) is 10.6. The van der Waals surface area contributed by atoms with Gasteiger partial charge in [0.15, 0.2) is 0 Å². The number of halogens is 1. The molecule has 0 spiro atoms. The van der Waals surface area contributed by atoms with Crippen molar-refractivity contribution in [3.8, 4) is 0 Å². The predicted octanol–water partition coefficient (Wildman–Crippen LogP) is 0.769. The number of carbonyl (C=O) groups excluding carboxylic acids is 1. The normalized spacial score (nSPS) is 12.3. The topological polar surface area (TPSA) is 97.4 Å². The van der Waals surface area contributed by atoms with Gasteiger partial charge < -0.3 is 5.32 Å². The lowest BCUT2D eigenvalue weighted by Crippen LogP contribution is -2.27. The summed E-state index contributed by atoms with van der Waals surface area (Å²) in [5.74, 6) is -0.278. The van der Waals surface area contributed by atoms with E-state index in [1.54, 1.807) is 0 Å². The van der Waals surface area contributed by atoms with Crippen LogP contribution in [0.3, 0.4) is 0 Å². The van der Waals surface area contributed by atoms with Gasteiger partial charge in [-0.15, -0.1) is 11.3 Å². The molecule has 1 aromatic heterocycles. The summed E-state index contributed by atoms with van der Waals surface area (Å²) in [6, 6.07) is 2.87. The Morgan fingerprint density at radius 2 is 1.95 bits per heavy atom. The number of carbonyl (C=O) groups is 1. The first kappa shape index (κ1) is 17.4. The van der Waals surface area contributed by atoms with Crippen LogP contribution in [0.25, 0.3) is 0 Å². The van der Waals surface area contributed by atoms with E-state index < -0.39 is 18.9 Å². The molecule has 0 bridgehead atoms. The highest BCUT2D eigenvalue weighted by molar-refractivity contribution is 8.15.